The van der Waals surface area contributed by atoms with Crippen molar-refractivity contribution in [2.75, 3.05) is 23.1 Å². The number of nitrogens with zero attached hydrogens (tertiary/aromatic N) is 2. The van der Waals surface area contributed by atoms with E-state index in [-0.39, 0.29) is 30.4 Å². The third-order valence-corrected chi connectivity index (χ3v) is 5.44. The van der Waals surface area contributed by atoms with E-state index >= 15 is 0 Å². The number of amides is 2. The van der Waals surface area contributed by atoms with Crippen LogP contribution in [0.3, 0.4) is 0 Å². The van der Waals surface area contributed by atoms with Gasteiger partial charge >= 0.3 is 0 Å². The Labute approximate surface area is 173 Å². The van der Waals surface area contributed by atoms with E-state index in [0.717, 1.165) is 11.1 Å². The van der Waals surface area contributed by atoms with Gasteiger partial charge in [0.1, 0.15) is 0 Å². The third kappa shape index (κ3) is 2.90. The number of hydrogen-bond acceptors (Lipinski definition) is 5. The average molecular weight is 404 g/mol. The zero-order chi connectivity index (χ0) is 20.8. The molecular weight excluding hydrogens is 384 g/mol. The third-order valence-electron chi connectivity index (χ3n) is 5.44. The minimum Gasteiger partial charge on any atom is -0.459 e. The highest BCUT2D eigenvalue weighted by atomic mass is 16.7. The number of rotatable bonds is 2. The van der Waals surface area contributed by atoms with Crippen LogP contribution in [-0.2, 0) is 4.79 Å². The summed E-state index contributed by atoms with van der Waals surface area (Å²) in [4.78, 5) is 28.9. The molecule has 0 saturated carbocycles. The van der Waals surface area contributed by atoms with E-state index in [1.165, 1.54) is 13.2 Å². The lowest BCUT2D eigenvalue weighted by Gasteiger charge is -2.40. The highest BCUT2D eigenvalue weighted by Gasteiger charge is 2.35. The van der Waals surface area contributed by atoms with Crippen molar-refractivity contribution in [3.8, 4) is 22.6 Å². The Morgan fingerprint density at radius 2 is 1.73 bits per heavy atom. The van der Waals surface area contributed by atoms with E-state index in [1.807, 2.05) is 43.3 Å². The summed E-state index contributed by atoms with van der Waals surface area (Å²) in [6.45, 7) is 4.05. The smallest absolute Gasteiger partial charge is 0.294 e. The Morgan fingerprint density at radius 1 is 0.967 bits per heavy atom. The van der Waals surface area contributed by atoms with Crippen molar-refractivity contribution >= 4 is 23.2 Å². The molecule has 2 amide bonds. The monoisotopic (exact) mass is 404 g/mol. The van der Waals surface area contributed by atoms with Crippen LogP contribution in [0.25, 0.3) is 11.1 Å². The maximum absolute atomic E-state index is 13.1. The summed E-state index contributed by atoms with van der Waals surface area (Å²) >= 11 is 0. The summed E-state index contributed by atoms with van der Waals surface area (Å²) in [6.07, 6.45) is 1.48. The lowest BCUT2D eigenvalue weighted by Crippen LogP contribution is -2.51. The van der Waals surface area contributed by atoms with E-state index in [4.69, 9.17) is 13.9 Å². The molecule has 0 saturated heterocycles. The molecular formula is C23H20N2O5. The van der Waals surface area contributed by atoms with Gasteiger partial charge in [0.2, 0.25) is 12.7 Å². The van der Waals surface area contributed by atoms with Gasteiger partial charge in [0.05, 0.1) is 23.7 Å². The molecule has 152 valence electrons. The molecule has 3 heterocycles. The summed E-state index contributed by atoms with van der Waals surface area (Å²) in [5.41, 5.74) is 3.20. The fraction of sp³-hybridized carbons (Fsp3) is 0.217. The molecule has 2 aliphatic heterocycles. The van der Waals surface area contributed by atoms with Gasteiger partial charge < -0.3 is 23.7 Å². The maximum atomic E-state index is 13.1. The number of hydrogen-bond donors (Lipinski definition) is 0. The Morgan fingerprint density at radius 3 is 2.50 bits per heavy atom. The number of ether oxygens (including phenoxy) is 2. The molecule has 0 spiro atoms. The quantitative estimate of drug-likeness (QED) is 0.644. The van der Waals surface area contributed by atoms with Crippen molar-refractivity contribution in [3.05, 3.63) is 60.6 Å². The molecule has 3 aromatic rings. The number of fused-ring (bicyclic) bond motifs is 2. The van der Waals surface area contributed by atoms with Gasteiger partial charge in [0, 0.05) is 13.5 Å². The molecule has 1 aromatic heterocycles. The molecule has 0 bridgehead atoms. The maximum Gasteiger partial charge on any atom is 0.294 e. The van der Waals surface area contributed by atoms with Gasteiger partial charge in [-0.1, -0.05) is 12.1 Å². The predicted octanol–water partition coefficient (Wildman–Crippen LogP) is 4.08. The second-order valence-corrected chi connectivity index (χ2v) is 7.40. The van der Waals surface area contributed by atoms with Crippen molar-refractivity contribution in [2.24, 2.45) is 0 Å². The molecule has 0 aliphatic carbocycles. The molecule has 1 unspecified atom stereocenters. The first-order valence-corrected chi connectivity index (χ1v) is 9.72. The second kappa shape index (κ2) is 6.95. The van der Waals surface area contributed by atoms with E-state index in [2.05, 4.69) is 0 Å². The van der Waals surface area contributed by atoms with E-state index in [0.29, 0.717) is 29.4 Å². The number of carbonyl (C=O) groups is 2. The summed E-state index contributed by atoms with van der Waals surface area (Å²) in [6, 6.07) is 14.7. The zero-order valence-electron chi connectivity index (χ0n) is 16.6. The van der Waals surface area contributed by atoms with Crippen LogP contribution < -0.4 is 19.3 Å². The molecule has 7 nitrogen and oxygen atoms in total. The van der Waals surface area contributed by atoms with Gasteiger partial charge in [-0.3, -0.25) is 9.59 Å². The van der Waals surface area contributed by atoms with E-state index < -0.39 is 0 Å². The summed E-state index contributed by atoms with van der Waals surface area (Å²) < 4.78 is 16.2. The Kier molecular flexibility index (Phi) is 4.24. The molecule has 30 heavy (non-hydrogen) atoms. The first kappa shape index (κ1) is 18.3. The van der Waals surface area contributed by atoms with Gasteiger partial charge in [0.25, 0.3) is 5.91 Å². The fourth-order valence-corrected chi connectivity index (χ4v) is 4.09. The molecule has 0 radical (unpaired) electrons. The largest absolute Gasteiger partial charge is 0.459 e. The second-order valence-electron chi connectivity index (χ2n) is 7.40. The fourth-order valence-electron chi connectivity index (χ4n) is 4.09. The molecule has 5 rings (SSSR count). The van der Waals surface area contributed by atoms with Crippen LogP contribution in [0.2, 0.25) is 0 Å². The predicted molar refractivity (Wildman–Crippen MR) is 111 cm³/mol. The summed E-state index contributed by atoms with van der Waals surface area (Å²) in [5, 5.41) is 0. The van der Waals surface area contributed by atoms with Crippen molar-refractivity contribution in [3.63, 3.8) is 0 Å². The van der Waals surface area contributed by atoms with E-state index in [1.54, 1.807) is 21.9 Å². The first-order chi connectivity index (χ1) is 14.5. The Bertz CT molecular complexity index is 1140. The van der Waals surface area contributed by atoms with Crippen molar-refractivity contribution in [2.45, 2.75) is 19.9 Å². The molecule has 1 atom stereocenters. The first-order valence-electron chi connectivity index (χ1n) is 9.72. The Hall–Kier alpha value is -3.74. The van der Waals surface area contributed by atoms with Gasteiger partial charge in [-0.05, 0) is 54.4 Å². The number of anilines is 2. The van der Waals surface area contributed by atoms with Crippen LogP contribution in [0.15, 0.2) is 59.2 Å². The molecule has 7 heteroatoms. The van der Waals surface area contributed by atoms with Crippen LogP contribution >= 0.6 is 0 Å². The summed E-state index contributed by atoms with van der Waals surface area (Å²) in [5.74, 6) is 1.36. The van der Waals surface area contributed by atoms with Crippen molar-refractivity contribution in [1.82, 2.24) is 0 Å². The van der Waals surface area contributed by atoms with Crippen LogP contribution in [0.1, 0.15) is 24.4 Å². The molecule has 2 aliphatic rings. The number of benzene rings is 2. The normalized spacial score (nSPS) is 17.1. The van der Waals surface area contributed by atoms with Gasteiger partial charge in [0.15, 0.2) is 17.3 Å². The SMILES string of the molecule is CC(=O)N1c2ccc(-c3ccc4c(c3)OCO4)cc2N(C(=O)c2ccco2)CC1C. The van der Waals surface area contributed by atoms with E-state index in [9.17, 15) is 9.59 Å². The molecule has 0 fully saturated rings. The standard InChI is InChI=1S/C23H20N2O5/c1-14-12-24(23(27)21-4-3-9-28-21)19-10-16(5-7-18(19)25(14)15(2)26)17-6-8-20-22(11-17)30-13-29-20/h3-11,14H,12-13H2,1-2H3. The minimum absolute atomic E-state index is 0.0651. The van der Waals surface area contributed by atoms with Crippen LogP contribution in [0, 0.1) is 0 Å². The zero-order valence-corrected chi connectivity index (χ0v) is 16.6. The van der Waals surface area contributed by atoms with Gasteiger partial charge in [-0.2, -0.15) is 0 Å². The van der Waals surface area contributed by atoms with Crippen LogP contribution in [0.5, 0.6) is 11.5 Å². The summed E-state index contributed by atoms with van der Waals surface area (Å²) in [7, 11) is 0. The number of furan rings is 1. The van der Waals surface area contributed by atoms with Gasteiger partial charge in [-0.15, -0.1) is 0 Å². The topological polar surface area (TPSA) is 72.2 Å². The lowest BCUT2D eigenvalue weighted by molar-refractivity contribution is -0.117. The van der Waals surface area contributed by atoms with Gasteiger partial charge in [-0.25, -0.2) is 0 Å². The van der Waals surface area contributed by atoms with Crippen LogP contribution in [-0.4, -0.2) is 31.2 Å². The molecule has 2 aromatic carbocycles. The van der Waals surface area contributed by atoms with Crippen molar-refractivity contribution < 1.29 is 23.5 Å². The highest BCUT2D eigenvalue weighted by molar-refractivity contribution is 6.10. The highest BCUT2D eigenvalue weighted by Crippen LogP contribution is 2.41. The average Bonchev–Trinajstić information content (AvgIpc) is 3.43. The minimum atomic E-state index is -0.237. The lowest BCUT2D eigenvalue weighted by atomic mass is 10.00. The number of carbonyl (C=O) groups excluding carboxylic acids is 2. The molecule has 0 N–H and O–H groups in total. The van der Waals surface area contributed by atoms with Crippen molar-refractivity contribution in [1.29, 1.82) is 0 Å². The Balaban J connectivity index is 1.62. The van der Waals surface area contributed by atoms with Crippen LogP contribution in [0.4, 0.5) is 11.4 Å².